The van der Waals surface area contributed by atoms with Crippen LogP contribution in [-0.4, -0.2) is 31.8 Å². The lowest BCUT2D eigenvalue weighted by molar-refractivity contribution is -0.137. The molecule has 0 saturated carbocycles. The Morgan fingerprint density at radius 1 is 0.853 bits per heavy atom. The summed E-state index contributed by atoms with van der Waals surface area (Å²) in [5.74, 6) is -0.104. The molecule has 0 fully saturated rings. The van der Waals surface area contributed by atoms with Crippen LogP contribution in [0.2, 0.25) is 0 Å². The van der Waals surface area contributed by atoms with E-state index >= 15 is 0 Å². The Kier molecular flexibility index (Phi) is 8.06. The van der Waals surface area contributed by atoms with Gasteiger partial charge in [-0.1, -0.05) is 12.1 Å². The Hall–Kier alpha value is -3.66. The summed E-state index contributed by atoms with van der Waals surface area (Å²) in [6.45, 7) is 0. The molecule has 2 N–H and O–H groups in total. The van der Waals surface area contributed by atoms with Gasteiger partial charge in [-0.2, -0.15) is 13.2 Å². The Balaban J connectivity index is 1.57. The van der Waals surface area contributed by atoms with Crippen LogP contribution in [0.1, 0.15) is 15.9 Å². The number of benzene rings is 3. The van der Waals surface area contributed by atoms with E-state index in [4.69, 9.17) is 9.47 Å². The molecule has 0 aliphatic rings. The number of amides is 2. The number of thioether (sulfide) groups is 1. The number of nitrogens with one attached hydrogen (secondary N) is 2. The van der Waals surface area contributed by atoms with Gasteiger partial charge in [0.1, 0.15) is 17.1 Å². The van der Waals surface area contributed by atoms with Crippen LogP contribution in [0.5, 0.6) is 11.5 Å². The fourth-order valence-electron chi connectivity index (χ4n) is 3.02. The molecule has 10 heteroatoms. The van der Waals surface area contributed by atoms with E-state index in [0.29, 0.717) is 17.2 Å². The van der Waals surface area contributed by atoms with Gasteiger partial charge in [-0.05, 0) is 54.6 Å². The molecule has 178 valence electrons. The molecule has 3 aromatic carbocycles. The van der Waals surface area contributed by atoms with Crippen molar-refractivity contribution in [2.45, 2.75) is 11.1 Å². The number of anilines is 2. The van der Waals surface area contributed by atoms with E-state index in [1.807, 2.05) is 0 Å². The molecule has 0 aliphatic carbocycles. The van der Waals surface area contributed by atoms with E-state index in [-0.39, 0.29) is 17.0 Å². The first-order valence-corrected chi connectivity index (χ1v) is 10.9. The summed E-state index contributed by atoms with van der Waals surface area (Å²) in [6, 6.07) is 16.3. The highest BCUT2D eigenvalue weighted by molar-refractivity contribution is 8.00. The van der Waals surface area contributed by atoms with Crippen LogP contribution < -0.4 is 20.1 Å². The molecule has 3 rings (SSSR count). The molecular weight excluding hydrogens is 469 g/mol. The summed E-state index contributed by atoms with van der Waals surface area (Å²) in [4.78, 5) is 25.6. The van der Waals surface area contributed by atoms with Gasteiger partial charge >= 0.3 is 6.18 Å². The highest BCUT2D eigenvalue weighted by atomic mass is 32.2. The number of ether oxygens (including phenoxy) is 2. The molecular formula is C24H21F3N2O4S. The monoisotopic (exact) mass is 490 g/mol. The second-order valence-electron chi connectivity index (χ2n) is 6.93. The van der Waals surface area contributed by atoms with Crippen LogP contribution in [0.15, 0.2) is 71.6 Å². The van der Waals surface area contributed by atoms with Gasteiger partial charge in [0.25, 0.3) is 5.91 Å². The SMILES string of the molecule is COc1cccc(OC)c1C(=O)Nc1ccc(SCC(=O)Nc2cccc(C(F)(F)F)c2)cc1. The van der Waals surface area contributed by atoms with Crippen molar-refractivity contribution in [1.82, 2.24) is 0 Å². The van der Waals surface area contributed by atoms with Crippen LogP contribution in [-0.2, 0) is 11.0 Å². The number of hydrogen-bond acceptors (Lipinski definition) is 5. The third-order valence-electron chi connectivity index (χ3n) is 4.61. The number of hydrogen-bond donors (Lipinski definition) is 2. The maximum absolute atomic E-state index is 12.8. The largest absolute Gasteiger partial charge is 0.496 e. The summed E-state index contributed by atoms with van der Waals surface area (Å²) in [5.41, 5.74) is 0.0273. The number of methoxy groups -OCH3 is 2. The lowest BCUT2D eigenvalue weighted by atomic mass is 10.1. The Morgan fingerprint density at radius 2 is 1.47 bits per heavy atom. The quantitative estimate of drug-likeness (QED) is 0.396. The maximum atomic E-state index is 12.8. The van der Waals surface area contributed by atoms with Gasteiger partial charge in [0.2, 0.25) is 5.91 Å². The van der Waals surface area contributed by atoms with Gasteiger partial charge in [-0.3, -0.25) is 9.59 Å². The first kappa shape index (κ1) is 25.0. The smallest absolute Gasteiger partial charge is 0.416 e. The first-order valence-electron chi connectivity index (χ1n) is 9.93. The molecule has 34 heavy (non-hydrogen) atoms. The molecule has 0 spiro atoms. The van der Waals surface area contributed by atoms with E-state index in [2.05, 4.69) is 10.6 Å². The van der Waals surface area contributed by atoms with Crippen LogP contribution in [0.25, 0.3) is 0 Å². The molecule has 0 atom stereocenters. The van der Waals surface area contributed by atoms with Crippen molar-refractivity contribution in [2.24, 2.45) is 0 Å². The number of alkyl halides is 3. The van der Waals surface area contributed by atoms with Gasteiger partial charge in [0, 0.05) is 16.3 Å². The van der Waals surface area contributed by atoms with Gasteiger partial charge in [-0.15, -0.1) is 11.8 Å². The third-order valence-corrected chi connectivity index (χ3v) is 5.62. The minimum atomic E-state index is -4.48. The van der Waals surface area contributed by atoms with Crippen molar-refractivity contribution in [3.05, 3.63) is 77.9 Å². The van der Waals surface area contributed by atoms with Crippen LogP contribution in [0.3, 0.4) is 0 Å². The molecule has 0 unspecified atom stereocenters. The lowest BCUT2D eigenvalue weighted by Gasteiger charge is -2.13. The molecule has 0 radical (unpaired) electrons. The molecule has 0 aliphatic heterocycles. The normalized spacial score (nSPS) is 11.0. The van der Waals surface area contributed by atoms with Crippen molar-refractivity contribution in [2.75, 3.05) is 30.6 Å². The second-order valence-corrected chi connectivity index (χ2v) is 7.98. The fraction of sp³-hybridized carbons (Fsp3) is 0.167. The van der Waals surface area contributed by atoms with E-state index in [9.17, 15) is 22.8 Å². The molecule has 0 heterocycles. The van der Waals surface area contributed by atoms with Crippen LogP contribution >= 0.6 is 11.8 Å². The van der Waals surface area contributed by atoms with Crippen molar-refractivity contribution in [1.29, 1.82) is 0 Å². The van der Waals surface area contributed by atoms with Crippen LogP contribution in [0.4, 0.5) is 24.5 Å². The van der Waals surface area contributed by atoms with Crippen molar-refractivity contribution in [3.63, 3.8) is 0 Å². The summed E-state index contributed by atoms with van der Waals surface area (Å²) in [7, 11) is 2.92. The number of halogens is 3. The van der Waals surface area contributed by atoms with Gasteiger partial charge in [0.05, 0.1) is 25.5 Å². The summed E-state index contributed by atoms with van der Waals surface area (Å²) in [5, 5.41) is 5.23. The van der Waals surface area contributed by atoms with E-state index in [1.165, 1.54) is 38.1 Å². The molecule has 0 aromatic heterocycles. The average Bonchev–Trinajstić information content (AvgIpc) is 2.82. The molecule has 0 saturated heterocycles. The number of carbonyl (C=O) groups is 2. The highest BCUT2D eigenvalue weighted by Crippen LogP contribution is 2.31. The predicted octanol–water partition coefficient (Wildman–Crippen LogP) is 5.71. The van der Waals surface area contributed by atoms with Crippen molar-refractivity contribution >= 4 is 35.0 Å². The topological polar surface area (TPSA) is 76.7 Å². The van der Waals surface area contributed by atoms with Crippen LogP contribution in [0, 0.1) is 0 Å². The second kappa shape index (κ2) is 11.0. The zero-order valence-electron chi connectivity index (χ0n) is 18.2. The standard InChI is InChI=1S/C24H21F3N2O4S/c1-32-19-7-4-8-20(33-2)22(19)23(31)29-16-9-11-18(12-10-16)34-14-21(30)28-17-6-3-5-15(13-17)24(25,26)27/h3-13H,14H2,1-2H3,(H,28,30)(H,29,31). The summed E-state index contributed by atoms with van der Waals surface area (Å²) >= 11 is 1.21. The fourth-order valence-corrected chi connectivity index (χ4v) is 3.72. The maximum Gasteiger partial charge on any atom is 0.416 e. The van der Waals surface area contributed by atoms with Crippen molar-refractivity contribution < 1.29 is 32.2 Å². The molecule has 0 bridgehead atoms. The van der Waals surface area contributed by atoms with E-state index < -0.39 is 23.6 Å². The Morgan fingerprint density at radius 3 is 2.06 bits per heavy atom. The number of carbonyl (C=O) groups excluding carboxylic acids is 2. The van der Waals surface area contributed by atoms with Gasteiger partial charge in [0.15, 0.2) is 0 Å². The zero-order valence-corrected chi connectivity index (χ0v) is 19.0. The van der Waals surface area contributed by atoms with Crippen molar-refractivity contribution in [3.8, 4) is 11.5 Å². The minimum Gasteiger partial charge on any atom is -0.496 e. The lowest BCUT2D eigenvalue weighted by Crippen LogP contribution is -2.15. The highest BCUT2D eigenvalue weighted by Gasteiger charge is 2.30. The summed E-state index contributed by atoms with van der Waals surface area (Å²) in [6.07, 6.45) is -4.48. The zero-order chi connectivity index (χ0) is 24.7. The summed E-state index contributed by atoms with van der Waals surface area (Å²) < 4.78 is 48.9. The van der Waals surface area contributed by atoms with Gasteiger partial charge in [-0.25, -0.2) is 0 Å². The van der Waals surface area contributed by atoms with Gasteiger partial charge < -0.3 is 20.1 Å². The number of rotatable bonds is 8. The third kappa shape index (κ3) is 6.44. The molecule has 2 amide bonds. The minimum absolute atomic E-state index is 0.000361. The van der Waals surface area contributed by atoms with E-state index in [1.54, 1.807) is 42.5 Å². The first-order chi connectivity index (χ1) is 16.2. The molecule has 6 nitrogen and oxygen atoms in total. The predicted molar refractivity (Wildman–Crippen MR) is 125 cm³/mol. The molecule has 3 aromatic rings. The Labute approximate surface area is 198 Å². The average molecular weight is 491 g/mol. The Bertz CT molecular complexity index is 1150. The van der Waals surface area contributed by atoms with E-state index in [0.717, 1.165) is 17.0 Å².